The fourth-order valence-corrected chi connectivity index (χ4v) is 6.22. The van der Waals surface area contributed by atoms with Gasteiger partial charge in [0.1, 0.15) is 18.1 Å². The van der Waals surface area contributed by atoms with Crippen LogP contribution in [0.15, 0.2) is 96.6 Å². The molecule has 1 aliphatic rings. The third kappa shape index (κ3) is 5.59. The molecule has 0 bridgehead atoms. The second kappa shape index (κ2) is 12.4. The van der Waals surface area contributed by atoms with Gasteiger partial charge in [-0.15, -0.1) is 0 Å². The number of hydrogen-bond acceptors (Lipinski definition) is 8. The van der Waals surface area contributed by atoms with Gasteiger partial charge in [0.15, 0.2) is 16.6 Å². The molecule has 10 heteroatoms. The van der Waals surface area contributed by atoms with Crippen LogP contribution in [0.2, 0.25) is 5.02 Å². The van der Waals surface area contributed by atoms with Gasteiger partial charge in [-0.2, -0.15) is 0 Å². The van der Waals surface area contributed by atoms with Crippen LogP contribution in [0, 0.1) is 0 Å². The summed E-state index contributed by atoms with van der Waals surface area (Å²) in [5, 5.41) is 12.2. The average Bonchev–Trinajstić information content (AvgIpc) is 3.58. The molecule has 222 valence electrons. The van der Waals surface area contributed by atoms with Gasteiger partial charge >= 0.3 is 5.91 Å². The van der Waals surface area contributed by atoms with Gasteiger partial charge in [-0.05, 0) is 72.6 Å². The predicted molar refractivity (Wildman–Crippen MR) is 171 cm³/mol. The average molecular weight is 627 g/mol. The molecule has 1 unspecified atom stereocenters. The minimum absolute atomic E-state index is 0.0772. The first-order valence-corrected chi connectivity index (χ1v) is 15.0. The van der Waals surface area contributed by atoms with Crippen LogP contribution in [0.5, 0.6) is 17.2 Å². The van der Waals surface area contributed by atoms with Gasteiger partial charge in [-0.1, -0.05) is 59.3 Å². The Morgan fingerprint density at radius 3 is 2.45 bits per heavy atom. The van der Waals surface area contributed by atoms with Crippen LogP contribution in [0.25, 0.3) is 16.0 Å². The standard InChI is InChI=1S/C34H27ClN2O6S/c1-3-42-24-14-15-25-28(18-24)44-34(36-25)37-30(29(32(39)33(37)40)31(38)21-9-12-23(35)13-10-21)22-11-16-26(27(17-22)41-2)43-19-20-7-5-4-6-8-20/h4-18,30,38H,3,19H2,1-2H3/b31-29+. The van der Waals surface area contributed by atoms with E-state index in [1.165, 1.54) is 23.3 Å². The van der Waals surface area contributed by atoms with Crippen molar-refractivity contribution in [2.24, 2.45) is 0 Å². The zero-order valence-corrected chi connectivity index (χ0v) is 25.4. The Balaban J connectivity index is 1.47. The maximum Gasteiger partial charge on any atom is 0.301 e. The molecular formula is C34H27ClN2O6S. The van der Waals surface area contributed by atoms with Crippen LogP contribution < -0.4 is 19.1 Å². The zero-order valence-electron chi connectivity index (χ0n) is 23.8. The number of hydrogen-bond donors (Lipinski definition) is 1. The number of fused-ring (bicyclic) bond motifs is 1. The monoisotopic (exact) mass is 626 g/mol. The predicted octanol–water partition coefficient (Wildman–Crippen LogP) is 7.56. The van der Waals surface area contributed by atoms with E-state index in [0.717, 1.165) is 10.3 Å². The molecule has 0 spiro atoms. The van der Waals surface area contributed by atoms with Crippen molar-refractivity contribution in [2.45, 2.75) is 19.6 Å². The molecule has 1 aromatic heterocycles. The van der Waals surface area contributed by atoms with E-state index in [0.29, 0.717) is 57.3 Å². The number of halogens is 1. The number of amides is 1. The number of anilines is 1. The second-order valence-electron chi connectivity index (χ2n) is 9.92. The van der Waals surface area contributed by atoms with Crippen LogP contribution in [0.1, 0.15) is 29.7 Å². The van der Waals surface area contributed by atoms with Crippen molar-refractivity contribution in [3.63, 3.8) is 0 Å². The number of Topliss-reactive ketones (excluding diaryl/α,β-unsaturated/α-hetero) is 1. The first kappa shape index (κ1) is 29.2. The number of carbonyl (C=O) groups excluding carboxylic acids is 2. The van der Waals surface area contributed by atoms with Gasteiger partial charge in [-0.3, -0.25) is 14.5 Å². The van der Waals surface area contributed by atoms with Gasteiger partial charge in [0.05, 0.1) is 35.5 Å². The number of nitrogens with zero attached hydrogens (tertiary/aromatic N) is 2. The van der Waals surface area contributed by atoms with Gasteiger partial charge < -0.3 is 19.3 Å². The number of thiazole rings is 1. The summed E-state index contributed by atoms with van der Waals surface area (Å²) < 4.78 is 18.1. The van der Waals surface area contributed by atoms with E-state index in [4.69, 9.17) is 30.8 Å². The Labute approximate surface area is 262 Å². The highest BCUT2D eigenvalue weighted by atomic mass is 35.5. The summed E-state index contributed by atoms with van der Waals surface area (Å²) in [5.41, 5.74) is 2.43. The molecule has 44 heavy (non-hydrogen) atoms. The van der Waals surface area contributed by atoms with E-state index in [-0.39, 0.29) is 11.3 Å². The molecule has 1 fully saturated rings. The Kier molecular flexibility index (Phi) is 8.23. The summed E-state index contributed by atoms with van der Waals surface area (Å²) in [6.07, 6.45) is 0. The number of ether oxygens (including phenoxy) is 3. The lowest BCUT2D eigenvalue weighted by Gasteiger charge is -2.24. The van der Waals surface area contributed by atoms with E-state index < -0.39 is 17.7 Å². The van der Waals surface area contributed by atoms with E-state index in [9.17, 15) is 14.7 Å². The summed E-state index contributed by atoms with van der Waals surface area (Å²) >= 11 is 7.32. The number of aliphatic hydroxyl groups excluding tert-OH is 1. The number of rotatable bonds is 9. The van der Waals surface area contributed by atoms with Crippen LogP contribution in [-0.2, 0) is 16.2 Å². The van der Waals surface area contributed by atoms with Crippen molar-refractivity contribution in [1.82, 2.24) is 4.98 Å². The van der Waals surface area contributed by atoms with E-state index in [2.05, 4.69) is 0 Å². The third-order valence-electron chi connectivity index (χ3n) is 7.17. The minimum Gasteiger partial charge on any atom is -0.507 e. The lowest BCUT2D eigenvalue weighted by Crippen LogP contribution is -2.29. The molecule has 5 aromatic rings. The maximum atomic E-state index is 13.7. The van der Waals surface area contributed by atoms with E-state index >= 15 is 0 Å². The maximum absolute atomic E-state index is 13.7. The summed E-state index contributed by atoms with van der Waals surface area (Å²) in [4.78, 5) is 33.4. The van der Waals surface area contributed by atoms with Gasteiger partial charge in [0.25, 0.3) is 5.78 Å². The molecule has 0 saturated carbocycles. The first-order chi connectivity index (χ1) is 21.4. The van der Waals surface area contributed by atoms with Crippen molar-refractivity contribution >= 4 is 55.7 Å². The molecule has 0 radical (unpaired) electrons. The summed E-state index contributed by atoms with van der Waals surface area (Å²) in [7, 11) is 1.52. The van der Waals surface area contributed by atoms with Crippen LogP contribution in [0.3, 0.4) is 0 Å². The van der Waals surface area contributed by atoms with Crippen LogP contribution in [0.4, 0.5) is 5.13 Å². The zero-order chi connectivity index (χ0) is 30.8. The number of aromatic nitrogens is 1. The van der Waals surface area contributed by atoms with Crippen LogP contribution in [-0.4, -0.2) is 35.5 Å². The normalized spacial score (nSPS) is 16.0. The highest BCUT2D eigenvalue weighted by Crippen LogP contribution is 2.46. The highest BCUT2D eigenvalue weighted by molar-refractivity contribution is 7.22. The highest BCUT2D eigenvalue weighted by Gasteiger charge is 2.48. The largest absolute Gasteiger partial charge is 0.507 e. The van der Waals surface area contributed by atoms with Crippen molar-refractivity contribution < 1.29 is 28.9 Å². The molecule has 1 aliphatic heterocycles. The number of carbonyl (C=O) groups is 2. The Morgan fingerprint density at radius 1 is 0.955 bits per heavy atom. The van der Waals surface area contributed by atoms with Crippen LogP contribution >= 0.6 is 22.9 Å². The molecule has 2 heterocycles. The fraction of sp³-hybridized carbons (Fsp3) is 0.147. The summed E-state index contributed by atoms with van der Waals surface area (Å²) in [6, 6.07) is 25.8. The molecule has 1 N–H and O–H groups in total. The van der Waals surface area contributed by atoms with Crippen molar-refractivity contribution in [2.75, 3.05) is 18.6 Å². The molecule has 1 saturated heterocycles. The van der Waals surface area contributed by atoms with Gasteiger partial charge in [-0.25, -0.2) is 4.98 Å². The lowest BCUT2D eigenvalue weighted by atomic mass is 9.95. The molecular weight excluding hydrogens is 600 g/mol. The molecule has 1 amide bonds. The fourth-order valence-electron chi connectivity index (χ4n) is 5.07. The summed E-state index contributed by atoms with van der Waals surface area (Å²) in [6.45, 7) is 2.72. The number of methoxy groups -OCH3 is 1. The number of benzene rings is 4. The Hall–Kier alpha value is -4.86. The topological polar surface area (TPSA) is 98.2 Å². The SMILES string of the molecule is CCOc1ccc2nc(N3C(=O)C(=O)/C(=C(/O)c4ccc(Cl)cc4)C3c3ccc(OCc4ccccc4)c(OC)c3)sc2c1. The Bertz CT molecular complexity index is 1890. The van der Waals surface area contributed by atoms with Crippen molar-refractivity contribution in [3.05, 3.63) is 118 Å². The number of ketones is 1. The lowest BCUT2D eigenvalue weighted by molar-refractivity contribution is -0.132. The molecule has 4 aromatic carbocycles. The minimum atomic E-state index is -1.00. The number of aliphatic hydroxyl groups is 1. The van der Waals surface area contributed by atoms with Crippen molar-refractivity contribution in [1.29, 1.82) is 0 Å². The van der Waals surface area contributed by atoms with Gasteiger partial charge in [0.2, 0.25) is 0 Å². The quantitative estimate of drug-likeness (QED) is 0.102. The van der Waals surface area contributed by atoms with Gasteiger partial charge in [0, 0.05) is 10.6 Å². The first-order valence-electron chi connectivity index (χ1n) is 13.8. The molecule has 0 aliphatic carbocycles. The van der Waals surface area contributed by atoms with Crippen molar-refractivity contribution in [3.8, 4) is 17.2 Å². The third-order valence-corrected chi connectivity index (χ3v) is 8.44. The molecule has 8 nitrogen and oxygen atoms in total. The molecule has 6 rings (SSSR count). The smallest absolute Gasteiger partial charge is 0.301 e. The summed E-state index contributed by atoms with van der Waals surface area (Å²) in [5.74, 6) is -0.402. The second-order valence-corrected chi connectivity index (χ2v) is 11.4. The van der Waals surface area contributed by atoms with E-state index in [1.807, 2.05) is 49.4 Å². The molecule has 1 atom stereocenters. The van der Waals surface area contributed by atoms with E-state index in [1.54, 1.807) is 48.5 Å². The Morgan fingerprint density at radius 2 is 1.73 bits per heavy atom.